The summed E-state index contributed by atoms with van der Waals surface area (Å²) in [5, 5.41) is 13.8. The van der Waals surface area contributed by atoms with Gasteiger partial charge >= 0.3 is 0 Å². The van der Waals surface area contributed by atoms with Crippen molar-refractivity contribution in [3.05, 3.63) is 88.4 Å². The van der Waals surface area contributed by atoms with Crippen LogP contribution in [0, 0.1) is 0 Å². The van der Waals surface area contributed by atoms with Crippen LogP contribution in [0.1, 0.15) is 11.6 Å². The third-order valence-electron chi connectivity index (χ3n) is 5.97. The molecule has 2 N–H and O–H groups in total. The fraction of sp³-hybridized carbons (Fsp3) is 0.174. The molecule has 2 saturated heterocycles. The number of anilines is 2. The van der Waals surface area contributed by atoms with Crippen LogP contribution in [0.4, 0.5) is 17.1 Å². The quantitative estimate of drug-likeness (QED) is 0.566. The molecule has 3 aliphatic rings. The molecule has 4 unspecified atom stereocenters. The van der Waals surface area contributed by atoms with Crippen LogP contribution in [0.25, 0.3) is 0 Å². The van der Waals surface area contributed by atoms with Crippen molar-refractivity contribution < 1.29 is 9.94 Å². The van der Waals surface area contributed by atoms with Gasteiger partial charge in [0.15, 0.2) is 0 Å². The summed E-state index contributed by atoms with van der Waals surface area (Å²) in [6.45, 7) is 0. The van der Waals surface area contributed by atoms with E-state index in [9.17, 15) is 5.11 Å². The minimum absolute atomic E-state index is 0.0750. The number of aliphatic hydroxyl groups excluding tert-OH is 1. The lowest BCUT2D eigenvalue weighted by molar-refractivity contribution is -0.100. The molecule has 3 aromatic carbocycles. The maximum atomic E-state index is 10.7. The molecule has 3 heterocycles. The largest absolute Gasteiger partial charge is 0.365 e. The summed E-state index contributed by atoms with van der Waals surface area (Å²) in [5.74, 6) is 0. The number of hydrogen-bond donors (Lipinski definition) is 2. The number of para-hydroxylation sites is 3. The molecule has 3 aliphatic heterocycles. The minimum Gasteiger partial charge on any atom is -0.365 e. The van der Waals surface area contributed by atoms with E-state index < -0.39 is 12.3 Å². The van der Waals surface area contributed by atoms with Crippen LogP contribution in [-0.2, 0) is 4.84 Å². The van der Waals surface area contributed by atoms with Crippen LogP contribution in [0.2, 0.25) is 10.0 Å². The fourth-order valence-corrected chi connectivity index (χ4v) is 5.21. The van der Waals surface area contributed by atoms with Crippen molar-refractivity contribution in [2.45, 2.75) is 24.4 Å². The number of hydrogen-bond acceptors (Lipinski definition) is 6. The van der Waals surface area contributed by atoms with E-state index in [2.05, 4.69) is 10.5 Å². The molecule has 4 atom stereocenters. The standard InChI is InChI=1S/C23H18Cl2N4O2/c24-14-9-6-10-15(25)18(14)20-21-19(26-16-11-4-5-12-17(16)28(20)21)22-23(30)31-27-29(22)13-7-2-1-3-8-13/h1-12,20-23,27,30H. The first-order valence-electron chi connectivity index (χ1n) is 9.98. The van der Waals surface area contributed by atoms with E-state index in [1.807, 2.05) is 72.8 Å². The number of benzene rings is 3. The van der Waals surface area contributed by atoms with E-state index in [4.69, 9.17) is 33.0 Å². The average molecular weight is 453 g/mol. The van der Waals surface area contributed by atoms with Gasteiger partial charge in [0.2, 0.25) is 6.29 Å². The van der Waals surface area contributed by atoms with E-state index in [1.165, 1.54) is 0 Å². The monoisotopic (exact) mass is 452 g/mol. The third-order valence-corrected chi connectivity index (χ3v) is 6.63. The minimum atomic E-state index is -1.09. The molecule has 0 aromatic heterocycles. The van der Waals surface area contributed by atoms with Crippen LogP contribution >= 0.6 is 23.2 Å². The van der Waals surface area contributed by atoms with Gasteiger partial charge in [0.05, 0.1) is 34.9 Å². The second-order valence-corrected chi connectivity index (χ2v) is 8.52. The highest BCUT2D eigenvalue weighted by molar-refractivity contribution is 6.36. The highest BCUT2D eigenvalue weighted by Crippen LogP contribution is 2.57. The first-order valence-corrected chi connectivity index (χ1v) is 10.7. The van der Waals surface area contributed by atoms with Crippen molar-refractivity contribution in [1.29, 1.82) is 0 Å². The molecule has 0 bridgehead atoms. The molecule has 0 aliphatic carbocycles. The molecule has 0 radical (unpaired) electrons. The highest BCUT2D eigenvalue weighted by Gasteiger charge is 2.59. The molecule has 2 fully saturated rings. The molecule has 156 valence electrons. The molecule has 0 saturated carbocycles. The second kappa shape index (κ2) is 7.22. The summed E-state index contributed by atoms with van der Waals surface area (Å²) in [6, 6.07) is 22.5. The number of aliphatic imine (C=N–C) groups is 1. The maximum absolute atomic E-state index is 10.7. The topological polar surface area (TPSA) is 60.1 Å². The van der Waals surface area contributed by atoms with Gasteiger partial charge < -0.3 is 10.0 Å². The zero-order valence-corrected chi connectivity index (χ0v) is 17.7. The highest BCUT2D eigenvalue weighted by atomic mass is 35.5. The predicted octanol–water partition coefficient (Wildman–Crippen LogP) is 4.65. The lowest BCUT2D eigenvalue weighted by Crippen LogP contribution is -2.48. The normalized spacial score (nSPS) is 26.4. The Labute approximate surface area is 189 Å². The van der Waals surface area contributed by atoms with Crippen molar-refractivity contribution in [3.8, 4) is 0 Å². The van der Waals surface area contributed by atoms with Gasteiger partial charge in [0, 0.05) is 15.6 Å². The summed E-state index contributed by atoms with van der Waals surface area (Å²) in [5.41, 5.74) is 7.23. The van der Waals surface area contributed by atoms with Gasteiger partial charge in [0.25, 0.3) is 0 Å². The van der Waals surface area contributed by atoms with Crippen molar-refractivity contribution in [1.82, 2.24) is 5.59 Å². The van der Waals surface area contributed by atoms with Gasteiger partial charge in [-0.25, -0.2) is 4.84 Å². The number of aliphatic hydroxyl groups is 1. The van der Waals surface area contributed by atoms with Gasteiger partial charge in [-0.3, -0.25) is 10.0 Å². The number of rotatable bonds is 3. The number of nitrogens with zero attached hydrogens (tertiary/aromatic N) is 3. The first-order chi connectivity index (χ1) is 15.1. The molecule has 3 aromatic rings. The Bertz CT molecular complexity index is 1170. The SMILES string of the molecule is OC1ONN(c2ccccc2)C1C1=Nc2ccccc2N2C1C2c1c(Cl)cccc1Cl. The smallest absolute Gasteiger partial charge is 0.204 e. The molecule has 31 heavy (non-hydrogen) atoms. The van der Waals surface area contributed by atoms with E-state index in [0.717, 1.165) is 28.3 Å². The maximum Gasteiger partial charge on any atom is 0.204 e. The molecule has 0 spiro atoms. The first kappa shape index (κ1) is 19.1. The number of halogens is 2. The Balaban J connectivity index is 1.48. The summed E-state index contributed by atoms with van der Waals surface area (Å²) in [7, 11) is 0. The second-order valence-electron chi connectivity index (χ2n) is 7.71. The number of nitrogens with one attached hydrogen (secondary N) is 1. The lowest BCUT2D eigenvalue weighted by Gasteiger charge is -2.28. The average Bonchev–Trinajstić information content (AvgIpc) is 3.40. The van der Waals surface area contributed by atoms with Crippen LogP contribution in [0.15, 0.2) is 77.8 Å². The van der Waals surface area contributed by atoms with Crippen molar-refractivity contribution in [2.24, 2.45) is 4.99 Å². The molecular formula is C23H18Cl2N4O2. The van der Waals surface area contributed by atoms with Crippen molar-refractivity contribution in [3.63, 3.8) is 0 Å². The zero-order valence-electron chi connectivity index (χ0n) is 16.2. The fourth-order valence-electron chi connectivity index (χ4n) is 4.59. The van der Waals surface area contributed by atoms with Crippen LogP contribution < -0.4 is 15.5 Å². The number of fused-ring (bicyclic) bond motifs is 3. The van der Waals surface area contributed by atoms with Gasteiger partial charge in [-0.15, -0.1) is 5.59 Å². The van der Waals surface area contributed by atoms with E-state index in [1.54, 1.807) is 5.01 Å². The van der Waals surface area contributed by atoms with E-state index >= 15 is 0 Å². The molecule has 0 amide bonds. The number of hydrazine groups is 1. The Morgan fingerprint density at radius 1 is 0.839 bits per heavy atom. The van der Waals surface area contributed by atoms with Crippen molar-refractivity contribution >= 4 is 46.0 Å². The Hall–Kier alpha value is -2.61. The van der Waals surface area contributed by atoms with Gasteiger partial charge in [0.1, 0.15) is 6.04 Å². The molecule has 6 rings (SSSR count). The molecule has 8 heteroatoms. The van der Waals surface area contributed by atoms with Crippen LogP contribution in [0.5, 0.6) is 0 Å². The molecule has 6 nitrogen and oxygen atoms in total. The lowest BCUT2D eigenvalue weighted by atomic mass is 10.0. The van der Waals surface area contributed by atoms with Crippen LogP contribution in [-0.4, -0.2) is 29.2 Å². The summed E-state index contributed by atoms with van der Waals surface area (Å²) < 4.78 is 0. The van der Waals surface area contributed by atoms with Crippen LogP contribution in [0.3, 0.4) is 0 Å². The Morgan fingerprint density at radius 3 is 2.32 bits per heavy atom. The summed E-state index contributed by atoms with van der Waals surface area (Å²) in [6.07, 6.45) is -1.09. The Kier molecular flexibility index (Phi) is 4.45. The third kappa shape index (κ3) is 2.95. The van der Waals surface area contributed by atoms with E-state index in [0.29, 0.717) is 10.0 Å². The summed E-state index contributed by atoms with van der Waals surface area (Å²) in [4.78, 5) is 12.6. The van der Waals surface area contributed by atoms with Crippen molar-refractivity contribution in [2.75, 3.05) is 9.91 Å². The molecular weight excluding hydrogens is 435 g/mol. The zero-order chi connectivity index (χ0) is 21.1. The van der Waals surface area contributed by atoms with Gasteiger partial charge in [-0.2, -0.15) is 0 Å². The Morgan fingerprint density at radius 2 is 1.55 bits per heavy atom. The predicted molar refractivity (Wildman–Crippen MR) is 122 cm³/mol. The van der Waals surface area contributed by atoms with Gasteiger partial charge in [-0.1, -0.05) is 59.6 Å². The van der Waals surface area contributed by atoms with Gasteiger partial charge in [-0.05, 0) is 36.4 Å². The summed E-state index contributed by atoms with van der Waals surface area (Å²) >= 11 is 13.1. The van der Waals surface area contributed by atoms with E-state index in [-0.39, 0.29) is 12.1 Å².